The standard InChI is InChI=1S/C11H12N2OS/c1-4-5-13-6-12-10-9(11(13)14)7(2)8(3)15-10/h4,6H,1,5H2,2-3H3. The highest BCUT2D eigenvalue weighted by Gasteiger charge is 2.10. The molecule has 4 heteroatoms. The lowest BCUT2D eigenvalue weighted by Crippen LogP contribution is -2.19. The third kappa shape index (κ3) is 1.51. The van der Waals surface area contributed by atoms with E-state index >= 15 is 0 Å². The topological polar surface area (TPSA) is 34.9 Å². The van der Waals surface area contributed by atoms with E-state index in [1.165, 1.54) is 0 Å². The van der Waals surface area contributed by atoms with Crippen LogP contribution < -0.4 is 5.56 Å². The molecule has 78 valence electrons. The van der Waals surface area contributed by atoms with E-state index in [9.17, 15) is 4.79 Å². The molecule has 0 amide bonds. The van der Waals surface area contributed by atoms with Gasteiger partial charge in [-0.2, -0.15) is 0 Å². The predicted octanol–water partition coefficient (Wildman–Crippen LogP) is 2.26. The highest BCUT2D eigenvalue weighted by atomic mass is 32.1. The van der Waals surface area contributed by atoms with Crippen LogP contribution in [-0.4, -0.2) is 9.55 Å². The molecular weight excluding hydrogens is 208 g/mol. The molecule has 0 aliphatic carbocycles. The molecule has 0 radical (unpaired) electrons. The summed E-state index contributed by atoms with van der Waals surface area (Å²) in [7, 11) is 0. The van der Waals surface area contributed by atoms with Crippen LogP contribution in [0.3, 0.4) is 0 Å². The van der Waals surface area contributed by atoms with Crippen molar-refractivity contribution in [1.29, 1.82) is 0 Å². The Morgan fingerprint density at radius 1 is 1.60 bits per heavy atom. The summed E-state index contributed by atoms with van der Waals surface area (Å²) < 4.78 is 1.58. The van der Waals surface area contributed by atoms with Crippen LogP contribution in [-0.2, 0) is 6.54 Å². The van der Waals surface area contributed by atoms with E-state index in [1.54, 1.807) is 28.3 Å². The SMILES string of the molecule is C=CCn1cnc2sc(C)c(C)c2c1=O. The second-order valence-corrected chi connectivity index (χ2v) is 4.66. The minimum absolute atomic E-state index is 0.0294. The average Bonchev–Trinajstić information content (AvgIpc) is 2.49. The fourth-order valence-corrected chi connectivity index (χ4v) is 2.53. The molecule has 0 fully saturated rings. The molecule has 0 N–H and O–H groups in total. The lowest BCUT2D eigenvalue weighted by Gasteiger charge is -2.00. The van der Waals surface area contributed by atoms with Crippen molar-refractivity contribution in [3.8, 4) is 0 Å². The number of allylic oxidation sites excluding steroid dienone is 1. The zero-order chi connectivity index (χ0) is 11.0. The molecule has 0 saturated heterocycles. The van der Waals surface area contributed by atoms with Crippen molar-refractivity contribution in [3.05, 3.63) is 39.8 Å². The van der Waals surface area contributed by atoms with Crippen molar-refractivity contribution >= 4 is 21.6 Å². The van der Waals surface area contributed by atoms with E-state index < -0.39 is 0 Å². The number of aromatic nitrogens is 2. The first kappa shape index (κ1) is 10.1. The molecule has 15 heavy (non-hydrogen) atoms. The van der Waals surface area contributed by atoms with Crippen LogP contribution in [0, 0.1) is 13.8 Å². The van der Waals surface area contributed by atoms with Crippen molar-refractivity contribution in [1.82, 2.24) is 9.55 Å². The highest BCUT2D eigenvalue weighted by molar-refractivity contribution is 7.18. The summed E-state index contributed by atoms with van der Waals surface area (Å²) in [6.45, 7) is 8.11. The third-order valence-electron chi connectivity index (χ3n) is 2.48. The van der Waals surface area contributed by atoms with Gasteiger partial charge in [0.05, 0.1) is 11.7 Å². The van der Waals surface area contributed by atoms with Gasteiger partial charge in [0.2, 0.25) is 0 Å². The Hall–Kier alpha value is -1.42. The molecule has 0 aliphatic heterocycles. The summed E-state index contributed by atoms with van der Waals surface area (Å²) in [6.07, 6.45) is 3.28. The number of fused-ring (bicyclic) bond motifs is 1. The first-order chi connectivity index (χ1) is 7.15. The maximum atomic E-state index is 12.0. The minimum atomic E-state index is 0.0294. The smallest absolute Gasteiger partial charge is 0.262 e. The van der Waals surface area contributed by atoms with Crippen LogP contribution in [0.1, 0.15) is 10.4 Å². The molecule has 2 rings (SSSR count). The van der Waals surface area contributed by atoms with Gasteiger partial charge in [-0.3, -0.25) is 9.36 Å². The maximum Gasteiger partial charge on any atom is 0.262 e. The van der Waals surface area contributed by atoms with E-state index in [0.717, 1.165) is 20.7 Å². The van der Waals surface area contributed by atoms with E-state index in [-0.39, 0.29) is 5.56 Å². The van der Waals surface area contributed by atoms with Gasteiger partial charge in [-0.15, -0.1) is 17.9 Å². The molecule has 0 bridgehead atoms. The van der Waals surface area contributed by atoms with Crippen molar-refractivity contribution in [2.75, 3.05) is 0 Å². The Morgan fingerprint density at radius 3 is 3.00 bits per heavy atom. The predicted molar refractivity (Wildman–Crippen MR) is 63.6 cm³/mol. The lowest BCUT2D eigenvalue weighted by atomic mass is 10.2. The van der Waals surface area contributed by atoms with Gasteiger partial charge in [0.15, 0.2) is 0 Å². The van der Waals surface area contributed by atoms with Crippen LogP contribution in [0.2, 0.25) is 0 Å². The van der Waals surface area contributed by atoms with E-state index in [0.29, 0.717) is 6.54 Å². The third-order valence-corrected chi connectivity index (χ3v) is 3.60. The quantitative estimate of drug-likeness (QED) is 0.728. The Morgan fingerprint density at radius 2 is 2.33 bits per heavy atom. The zero-order valence-electron chi connectivity index (χ0n) is 8.78. The van der Waals surface area contributed by atoms with Gasteiger partial charge in [-0.1, -0.05) is 6.08 Å². The van der Waals surface area contributed by atoms with Gasteiger partial charge in [0, 0.05) is 11.4 Å². The monoisotopic (exact) mass is 220 g/mol. The molecule has 0 atom stereocenters. The first-order valence-electron chi connectivity index (χ1n) is 4.71. The Bertz CT molecular complexity index is 580. The van der Waals surface area contributed by atoms with Gasteiger partial charge in [0.1, 0.15) is 4.83 Å². The fraction of sp³-hybridized carbons (Fsp3) is 0.273. The summed E-state index contributed by atoms with van der Waals surface area (Å²) in [5.74, 6) is 0. The lowest BCUT2D eigenvalue weighted by molar-refractivity contribution is 0.768. The number of aryl methyl sites for hydroxylation is 2. The van der Waals surface area contributed by atoms with Gasteiger partial charge >= 0.3 is 0 Å². The van der Waals surface area contributed by atoms with Crippen LogP contribution in [0.4, 0.5) is 0 Å². The van der Waals surface area contributed by atoms with Gasteiger partial charge in [-0.25, -0.2) is 4.98 Å². The van der Waals surface area contributed by atoms with Crippen LogP contribution in [0.15, 0.2) is 23.8 Å². The number of thiophene rings is 1. The average molecular weight is 220 g/mol. The fourth-order valence-electron chi connectivity index (χ4n) is 1.54. The normalized spacial score (nSPS) is 10.8. The number of rotatable bonds is 2. The number of hydrogen-bond acceptors (Lipinski definition) is 3. The van der Waals surface area contributed by atoms with Crippen molar-refractivity contribution < 1.29 is 0 Å². The molecule has 0 aromatic carbocycles. The molecule has 2 heterocycles. The maximum absolute atomic E-state index is 12.0. The van der Waals surface area contributed by atoms with Crippen LogP contribution >= 0.6 is 11.3 Å². The first-order valence-corrected chi connectivity index (χ1v) is 5.53. The number of hydrogen-bond donors (Lipinski definition) is 0. The molecular formula is C11H12N2OS. The summed E-state index contributed by atoms with van der Waals surface area (Å²) in [5.41, 5.74) is 1.08. The number of nitrogens with zero attached hydrogens (tertiary/aromatic N) is 2. The molecule has 0 saturated carbocycles. The van der Waals surface area contributed by atoms with Gasteiger partial charge < -0.3 is 0 Å². The highest BCUT2D eigenvalue weighted by Crippen LogP contribution is 2.25. The Kier molecular flexibility index (Phi) is 2.44. The molecule has 0 aliphatic rings. The molecule has 2 aromatic rings. The minimum Gasteiger partial charge on any atom is -0.295 e. The molecule has 2 aromatic heterocycles. The second kappa shape index (κ2) is 3.62. The van der Waals surface area contributed by atoms with Gasteiger partial charge in [-0.05, 0) is 19.4 Å². The van der Waals surface area contributed by atoms with Crippen LogP contribution in [0.25, 0.3) is 10.2 Å². The molecule has 0 unspecified atom stereocenters. The van der Waals surface area contributed by atoms with Crippen LogP contribution in [0.5, 0.6) is 0 Å². The summed E-state index contributed by atoms with van der Waals surface area (Å²) >= 11 is 1.57. The second-order valence-electron chi connectivity index (χ2n) is 3.45. The Balaban J connectivity index is 2.82. The summed E-state index contributed by atoms with van der Waals surface area (Å²) in [4.78, 5) is 18.3. The summed E-state index contributed by atoms with van der Waals surface area (Å²) in [6, 6.07) is 0. The van der Waals surface area contributed by atoms with Crippen molar-refractivity contribution in [2.45, 2.75) is 20.4 Å². The zero-order valence-corrected chi connectivity index (χ0v) is 9.60. The van der Waals surface area contributed by atoms with E-state index in [1.807, 2.05) is 13.8 Å². The van der Waals surface area contributed by atoms with Gasteiger partial charge in [0.25, 0.3) is 5.56 Å². The van der Waals surface area contributed by atoms with E-state index in [2.05, 4.69) is 11.6 Å². The Labute approximate surface area is 91.7 Å². The molecule has 3 nitrogen and oxygen atoms in total. The largest absolute Gasteiger partial charge is 0.295 e. The van der Waals surface area contributed by atoms with Crippen molar-refractivity contribution in [3.63, 3.8) is 0 Å². The summed E-state index contributed by atoms with van der Waals surface area (Å²) in [5, 5.41) is 0.752. The molecule has 0 spiro atoms. The van der Waals surface area contributed by atoms with E-state index in [4.69, 9.17) is 0 Å². The van der Waals surface area contributed by atoms with Crippen molar-refractivity contribution in [2.24, 2.45) is 0 Å².